The van der Waals surface area contributed by atoms with Crippen molar-refractivity contribution >= 4 is 36.0 Å². The summed E-state index contributed by atoms with van der Waals surface area (Å²) < 4.78 is 0. The van der Waals surface area contributed by atoms with Crippen molar-refractivity contribution in [2.24, 2.45) is 0 Å². The van der Waals surface area contributed by atoms with Gasteiger partial charge in [0.15, 0.2) is 0 Å². The largest absolute Gasteiger partial charge is 0.277 e. The number of nitrogens with one attached hydrogen (secondary N) is 1. The number of halogens is 1. The van der Waals surface area contributed by atoms with E-state index in [4.69, 9.17) is 11.6 Å². The Balaban J connectivity index is 2.29. The Labute approximate surface area is 145 Å². The summed E-state index contributed by atoms with van der Waals surface area (Å²) in [7, 11) is 0. The third kappa shape index (κ3) is 5.02. The summed E-state index contributed by atoms with van der Waals surface area (Å²) in [6.07, 6.45) is 6.10. The van der Waals surface area contributed by atoms with Gasteiger partial charge in [0.25, 0.3) is 0 Å². The Morgan fingerprint density at radius 1 is 1.48 bits per heavy atom. The molecule has 2 heterocycles. The monoisotopic (exact) mass is 343 g/mol. The maximum absolute atomic E-state index is 6.34. The minimum atomic E-state index is 0.643. The Morgan fingerprint density at radius 2 is 2.30 bits per heavy atom. The molecule has 2 aromatic rings. The van der Waals surface area contributed by atoms with E-state index in [2.05, 4.69) is 40.5 Å². The SMILES string of the molecule is C=c1[nH]nc(C#Cc2cccnc2)/c1=C/C/C(Cl)=C(\C)SCC. The summed E-state index contributed by atoms with van der Waals surface area (Å²) in [5.41, 5.74) is 1.52. The predicted molar refractivity (Wildman–Crippen MR) is 99.3 cm³/mol. The zero-order chi connectivity index (χ0) is 16.7. The van der Waals surface area contributed by atoms with Gasteiger partial charge in [-0.1, -0.05) is 37.1 Å². The van der Waals surface area contributed by atoms with E-state index in [1.165, 1.54) is 0 Å². The van der Waals surface area contributed by atoms with Crippen molar-refractivity contribution in [3.8, 4) is 11.8 Å². The molecule has 2 aromatic heterocycles. The highest BCUT2D eigenvalue weighted by Crippen LogP contribution is 2.23. The quantitative estimate of drug-likeness (QED) is 0.868. The van der Waals surface area contributed by atoms with Crippen LogP contribution in [0.4, 0.5) is 0 Å². The van der Waals surface area contributed by atoms with Crippen LogP contribution >= 0.6 is 23.4 Å². The highest BCUT2D eigenvalue weighted by molar-refractivity contribution is 8.03. The van der Waals surface area contributed by atoms with Crippen molar-refractivity contribution < 1.29 is 0 Å². The van der Waals surface area contributed by atoms with Gasteiger partial charge < -0.3 is 0 Å². The van der Waals surface area contributed by atoms with Gasteiger partial charge in [0, 0.05) is 34.6 Å². The molecule has 1 N–H and O–H groups in total. The molecular weight excluding hydrogens is 326 g/mol. The number of thioether (sulfide) groups is 1. The van der Waals surface area contributed by atoms with Gasteiger partial charge in [-0.3, -0.25) is 10.1 Å². The van der Waals surface area contributed by atoms with Gasteiger partial charge in [0.2, 0.25) is 0 Å². The van der Waals surface area contributed by atoms with Gasteiger partial charge in [-0.2, -0.15) is 5.10 Å². The van der Waals surface area contributed by atoms with E-state index in [0.717, 1.165) is 31.8 Å². The first-order valence-electron chi connectivity index (χ1n) is 7.25. The number of hydrogen-bond donors (Lipinski definition) is 1. The predicted octanol–water partition coefficient (Wildman–Crippen LogP) is 3.01. The first-order valence-corrected chi connectivity index (χ1v) is 8.61. The first kappa shape index (κ1) is 17.4. The number of hydrogen-bond acceptors (Lipinski definition) is 3. The molecule has 23 heavy (non-hydrogen) atoms. The molecule has 0 unspecified atom stereocenters. The molecule has 0 saturated heterocycles. The highest BCUT2D eigenvalue weighted by atomic mass is 35.5. The van der Waals surface area contributed by atoms with Crippen LogP contribution in [0.3, 0.4) is 0 Å². The van der Waals surface area contributed by atoms with Gasteiger partial charge in [-0.25, -0.2) is 0 Å². The average molecular weight is 344 g/mol. The fraction of sp³-hybridized carbons (Fsp3) is 0.222. The molecule has 2 rings (SSSR count). The smallest absolute Gasteiger partial charge is 0.142 e. The first-order chi connectivity index (χ1) is 11.1. The number of H-pyrrole nitrogens is 1. The van der Waals surface area contributed by atoms with E-state index in [-0.39, 0.29) is 0 Å². The number of aromatic amines is 1. The summed E-state index contributed by atoms with van der Waals surface area (Å²) in [5.74, 6) is 7.12. The van der Waals surface area contributed by atoms with Crippen LogP contribution in [0.25, 0.3) is 12.7 Å². The molecule has 0 aromatic carbocycles. The van der Waals surface area contributed by atoms with E-state index in [9.17, 15) is 0 Å². The maximum atomic E-state index is 6.34. The molecule has 3 nitrogen and oxygen atoms in total. The van der Waals surface area contributed by atoms with Gasteiger partial charge in [0.05, 0.1) is 5.35 Å². The lowest BCUT2D eigenvalue weighted by molar-refractivity contribution is 1.05. The van der Waals surface area contributed by atoms with Crippen LogP contribution in [0.1, 0.15) is 31.5 Å². The molecule has 0 spiro atoms. The van der Waals surface area contributed by atoms with Gasteiger partial charge in [-0.05, 0) is 35.6 Å². The van der Waals surface area contributed by atoms with E-state index in [1.807, 2.05) is 25.1 Å². The zero-order valence-electron chi connectivity index (χ0n) is 13.2. The van der Waals surface area contributed by atoms with Gasteiger partial charge in [0.1, 0.15) is 5.69 Å². The van der Waals surface area contributed by atoms with Crippen molar-refractivity contribution in [2.45, 2.75) is 20.3 Å². The molecule has 0 aliphatic heterocycles. The highest BCUT2D eigenvalue weighted by Gasteiger charge is 2.00. The minimum absolute atomic E-state index is 0.643. The lowest BCUT2D eigenvalue weighted by Crippen LogP contribution is -2.22. The lowest BCUT2D eigenvalue weighted by Gasteiger charge is -2.00. The Kier molecular flexibility index (Phi) is 6.52. The van der Waals surface area contributed by atoms with Crippen molar-refractivity contribution in [3.05, 3.63) is 56.3 Å². The molecular formula is C18H18ClN3S. The van der Waals surface area contributed by atoms with Crippen molar-refractivity contribution in [1.29, 1.82) is 0 Å². The molecule has 0 fully saturated rings. The van der Waals surface area contributed by atoms with Crippen LogP contribution in [0, 0.1) is 11.8 Å². The second-order valence-electron chi connectivity index (χ2n) is 4.76. The number of pyridine rings is 1. The minimum Gasteiger partial charge on any atom is -0.277 e. The summed E-state index contributed by atoms with van der Waals surface area (Å²) in [6.45, 7) is 8.11. The number of allylic oxidation sites excluding steroid dienone is 2. The molecule has 0 bridgehead atoms. The van der Waals surface area contributed by atoms with Crippen LogP contribution < -0.4 is 10.6 Å². The fourth-order valence-electron chi connectivity index (χ4n) is 1.90. The maximum Gasteiger partial charge on any atom is 0.142 e. The molecule has 0 atom stereocenters. The molecule has 5 heteroatoms. The van der Waals surface area contributed by atoms with Gasteiger partial charge >= 0.3 is 0 Å². The second kappa shape index (κ2) is 8.61. The number of rotatable bonds is 4. The van der Waals surface area contributed by atoms with E-state index in [0.29, 0.717) is 12.1 Å². The summed E-state index contributed by atoms with van der Waals surface area (Å²) in [4.78, 5) is 5.19. The van der Waals surface area contributed by atoms with Crippen LogP contribution in [0.5, 0.6) is 0 Å². The normalized spacial score (nSPS) is 12.6. The number of nitrogens with zero attached hydrogens (tertiary/aromatic N) is 2. The third-order valence-electron chi connectivity index (χ3n) is 3.10. The molecule has 0 amide bonds. The Hall–Kier alpha value is -1.96. The summed E-state index contributed by atoms with van der Waals surface area (Å²) in [6, 6.07) is 3.76. The van der Waals surface area contributed by atoms with Gasteiger partial charge in [-0.15, -0.1) is 11.8 Å². The van der Waals surface area contributed by atoms with E-state index < -0.39 is 0 Å². The lowest BCUT2D eigenvalue weighted by atomic mass is 10.2. The van der Waals surface area contributed by atoms with Crippen LogP contribution in [0.2, 0.25) is 0 Å². The molecule has 0 saturated carbocycles. The number of aromatic nitrogens is 3. The van der Waals surface area contributed by atoms with E-state index >= 15 is 0 Å². The van der Waals surface area contributed by atoms with Crippen LogP contribution in [0.15, 0.2) is 34.5 Å². The van der Waals surface area contributed by atoms with Crippen molar-refractivity contribution in [3.63, 3.8) is 0 Å². The summed E-state index contributed by atoms with van der Waals surface area (Å²) in [5, 5.41) is 9.56. The fourth-order valence-corrected chi connectivity index (χ4v) is 2.81. The second-order valence-corrected chi connectivity index (χ2v) is 6.69. The van der Waals surface area contributed by atoms with E-state index in [1.54, 1.807) is 24.2 Å². The average Bonchev–Trinajstić information content (AvgIpc) is 2.92. The topological polar surface area (TPSA) is 41.6 Å². The molecule has 0 aliphatic rings. The Morgan fingerprint density at radius 3 is 3.00 bits per heavy atom. The third-order valence-corrected chi connectivity index (χ3v) is 4.62. The van der Waals surface area contributed by atoms with Crippen LogP contribution in [-0.2, 0) is 0 Å². The zero-order valence-corrected chi connectivity index (χ0v) is 14.8. The van der Waals surface area contributed by atoms with Crippen molar-refractivity contribution in [2.75, 3.05) is 5.75 Å². The Bertz CT molecular complexity index is 857. The van der Waals surface area contributed by atoms with Crippen LogP contribution in [-0.4, -0.2) is 20.9 Å². The molecule has 118 valence electrons. The summed E-state index contributed by atoms with van der Waals surface area (Å²) >= 11 is 8.08. The van der Waals surface area contributed by atoms with Crippen molar-refractivity contribution in [1.82, 2.24) is 15.2 Å². The standard InChI is InChI=1S/C18H18ClN3S/c1-4-23-14(3)17(19)9-8-16-13(2)21-22-18(16)10-7-15-6-5-11-20-12-15/h5-6,8,11-12,21H,2,4,9H2,1,3H3/b16-8+,17-14-. The molecule has 0 aliphatic carbocycles. The molecule has 0 radical (unpaired) electrons.